The number of nitrogens with one attached hydrogen (secondary N) is 1. The van der Waals surface area contributed by atoms with Gasteiger partial charge in [-0.2, -0.15) is 0 Å². The molecular formula is C19H17N3O2S. The molecule has 0 aliphatic carbocycles. The largest absolute Gasteiger partial charge is 0.431 e. The molecule has 0 atom stereocenters. The molecule has 2 heterocycles. The van der Waals surface area contributed by atoms with Crippen LogP contribution in [0.1, 0.15) is 6.92 Å². The minimum atomic E-state index is -0.0819. The third-order valence-corrected chi connectivity index (χ3v) is 4.82. The number of nitrogens with zero attached hydrogens (tertiary/aromatic N) is 2. The van der Waals surface area contributed by atoms with Gasteiger partial charge in [-0.25, -0.2) is 4.98 Å². The monoisotopic (exact) mass is 351 g/mol. The van der Waals surface area contributed by atoms with Gasteiger partial charge in [-0.3, -0.25) is 4.79 Å². The van der Waals surface area contributed by atoms with Crippen molar-refractivity contribution in [3.63, 3.8) is 0 Å². The van der Waals surface area contributed by atoms with Gasteiger partial charge in [0.25, 0.3) is 5.22 Å². The smallest absolute Gasteiger partial charge is 0.257 e. The van der Waals surface area contributed by atoms with Gasteiger partial charge in [0.2, 0.25) is 5.91 Å². The van der Waals surface area contributed by atoms with Crippen LogP contribution in [0.2, 0.25) is 0 Å². The zero-order chi connectivity index (χ0) is 17.2. The van der Waals surface area contributed by atoms with Gasteiger partial charge in [0.05, 0.1) is 5.75 Å². The van der Waals surface area contributed by atoms with Crippen LogP contribution in [0.3, 0.4) is 0 Å². The summed E-state index contributed by atoms with van der Waals surface area (Å²) in [6, 6.07) is 15.6. The predicted octanol–water partition coefficient (Wildman–Crippen LogP) is 4.53. The topological polar surface area (TPSA) is 60.1 Å². The molecule has 2 aromatic heterocycles. The first kappa shape index (κ1) is 15.8. The second kappa shape index (κ2) is 6.64. The van der Waals surface area contributed by atoms with Gasteiger partial charge in [0.1, 0.15) is 5.52 Å². The van der Waals surface area contributed by atoms with Gasteiger partial charge < -0.3 is 14.3 Å². The normalized spacial score (nSPS) is 11.2. The lowest BCUT2D eigenvalue weighted by molar-refractivity contribution is -0.113. The molecule has 0 saturated heterocycles. The fourth-order valence-corrected chi connectivity index (χ4v) is 3.43. The summed E-state index contributed by atoms with van der Waals surface area (Å²) in [6.07, 6.45) is 2.05. The zero-order valence-electron chi connectivity index (χ0n) is 13.7. The number of anilines is 1. The van der Waals surface area contributed by atoms with Gasteiger partial charge in [-0.15, -0.1) is 0 Å². The summed E-state index contributed by atoms with van der Waals surface area (Å²) >= 11 is 1.29. The number of benzene rings is 2. The van der Waals surface area contributed by atoms with Crippen molar-refractivity contribution in [3.8, 4) is 0 Å². The Bertz CT molecular complexity index is 1020. The number of carbonyl (C=O) groups excluding carboxylic acids is 1. The molecule has 0 bridgehead atoms. The summed E-state index contributed by atoms with van der Waals surface area (Å²) in [7, 11) is 0. The lowest BCUT2D eigenvalue weighted by Gasteiger charge is -2.05. The highest BCUT2D eigenvalue weighted by atomic mass is 32.2. The molecule has 4 aromatic rings. The number of aromatic nitrogens is 2. The van der Waals surface area contributed by atoms with E-state index in [-0.39, 0.29) is 11.7 Å². The fourth-order valence-electron chi connectivity index (χ4n) is 2.79. The molecule has 0 aliphatic rings. The van der Waals surface area contributed by atoms with Crippen molar-refractivity contribution < 1.29 is 9.21 Å². The minimum Gasteiger partial charge on any atom is -0.431 e. The summed E-state index contributed by atoms with van der Waals surface area (Å²) in [5.41, 5.74) is 3.50. The lowest BCUT2D eigenvalue weighted by Crippen LogP contribution is -2.13. The van der Waals surface area contributed by atoms with Crippen molar-refractivity contribution in [2.24, 2.45) is 0 Å². The van der Waals surface area contributed by atoms with Crippen LogP contribution < -0.4 is 5.32 Å². The van der Waals surface area contributed by atoms with E-state index in [0.717, 1.165) is 28.7 Å². The Morgan fingerprint density at radius 2 is 2.12 bits per heavy atom. The summed E-state index contributed by atoms with van der Waals surface area (Å²) in [4.78, 5) is 16.6. The third-order valence-electron chi connectivity index (χ3n) is 4.00. The van der Waals surface area contributed by atoms with E-state index in [2.05, 4.69) is 34.1 Å². The molecule has 1 N–H and O–H groups in total. The van der Waals surface area contributed by atoms with Crippen LogP contribution in [0.25, 0.3) is 22.0 Å². The molecule has 1 amide bonds. The average molecular weight is 351 g/mol. The van der Waals surface area contributed by atoms with Crippen molar-refractivity contribution in [1.29, 1.82) is 0 Å². The molecule has 25 heavy (non-hydrogen) atoms. The number of thioether (sulfide) groups is 1. The summed E-state index contributed by atoms with van der Waals surface area (Å²) in [5, 5.41) is 4.55. The SMILES string of the molecule is CCn1ccc2cc(NC(=O)CSc3nc4ccccc4o3)ccc21. The van der Waals surface area contributed by atoms with Crippen molar-refractivity contribution in [2.45, 2.75) is 18.7 Å². The Labute approximate surface area is 149 Å². The van der Waals surface area contributed by atoms with Crippen LogP contribution in [0.15, 0.2) is 64.4 Å². The summed E-state index contributed by atoms with van der Waals surface area (Å²) < 4.78 is 7.78. The van der Waals surface area contributed by atoms with Crippen LogP contribution in [-0.2, 0) is 11.3 Å². The van der Waals surface area contributed by atoms with E-state index in [4.69, 9.17) is 4.42 Å². The molecule has 6 heteroatoms. The van der Waals surface area contributed by atoms with Gasteiger partial charge in [0.15, 0.2) is 5.58 Å². The second-order valence-electron chi connectivity index (χ2n) is 5.66. The maximum absolute atomic E-state index is 12.2. The molecule has 0 radical (unpaired) electrons. The van der Waals surface area contributed by atoms with Gasteiger partial charge in [0, 0.05) is 29.3 Å². The Morgan fingerprint density at radius 3 is 2.96 bits per heavy atom. The van der Waals surface area contributed by atoms with Crippen LogP contribution in [0.5, 0.6) is 0 Å². The second-order valence-corrected chi connectivity index (χ2v) is 6.59. The Morgan fingerprint density at radius 1 is 1.24 bits per heavy atom. The standard InChI is InChI=1S/C19H17N3O2S/c1-2-22-10-9-13-11-14(7-8-16(13)22)20-18(23)12-25-19-21-15-5-3-4-6-17(15)24-19/h3-11H,2,12H2,1H3,(H,20,23). The van der Waals surface area contributed by atoms with E-state index in [1.165, 1.54) is 17.3 Å². The number of hydrogen-bond acceptors (Lipinski definition) is 4. The molecule has 5 nitrogen and oxygen atoms in total. The van der Waals surface area contributed by atoms with Crippen molar-refractivity contribution >= 4 is 45.4 Å². The molecule has 4 rings (SSSR count). The van der Waals surface area contributed by atoms with Gasteiger partial charge in [-0.1, -0.05) is 23.9 Å². The first-order valence-electron chi connectivity index (χ1n) is 8.10. The molecule has 0 spiro atoms. The number of hydrogen-bond donors (Lipinski definition) is 1. The van der Waals surface area contributed by atoms with E-state index in [1.54, 1.807) is 0 Å². The maximum Gasteiger partial charge on any atom is 0.257 e. The first-order valence-corrected chi connectivity index (χ1v) is 9.08. The van der Waals surface area contributed by atoms with E-state index in [0.29, 0.717) is 5.22 Å². The van der Waals surface area contributed by atoms with E-state index >= 15 is 0 Å². The van der Waals surface area contributed by atoms with Crippen molar-refractivity contribution in [3.05, 3.63) is 54.7 Å². The van der Waals surface area contributed by atoms with E-state index in [1.807, 2.05) is 42.5 Å². The molecule has 2 aromatic carbocycles. The maximum atomic E-state index is 12.2. The molecule has 0 saturated carbocycles. The highest BCUT2D eigenvalue weighted by Gasteiger charge is 2.10. The van der Waals surface area contributed by atoms with Gasteiger partial charge >= 0.3 is 0 Å². The van der Waals surface area contributed by atoms with Crippen LogP contribution in [-0.4, -0.2) is 21.2 Å². The van der Waals surface area contributed by atoms with Crippen molar-refractivity contribution in [2.75, 3.05) is 11.1 Å². The predicted molar refractivity (Wildman–Crippen MR) is 101 cm³/mol. The highest BCUT2D eigenvalue weighted by Crippen LogP contribution is 2.24. The quantitative estimate of drug-likeness (QED) is 0.537. The number of rotatable bonds is 5. The van der Waals surface area contributed by atoms with Crippen LogP contribution >= 0.6 is 11.8 Å². The number of para-hydroxylation sites is 2. The molecule has 126 valence electrons. The summed E-state index contributed by atoms with van der Waals surface area (Å²) in [5.74, 6) is 0.169. The third kappa shape index (κ3) is 3.25. The number of amides is 1. The molecule has 0 fully saturated rings. The van der Waals surface area contributed by atoms with Crippen LogP contribution in [0, 0.1) is 0 Å². The number of aryl methyl sites for hydroxylation is 1. The van der Waals surface area contributed by atoms with E-state index < -0.39 is 0 Å². The number of carbonyl (C=O) groups is 1. The highest BCUT2D eigenvalue weighted by molar-refractivity contribution is 7.99. The zero-order valence-corrected chi connectivity index (χ0v) is 14.5. The molecule has 0 unspecified atom stereocenters. The lowest BCUT2D eigenvalue weighted by atomic mass is 10.2. The van der Waals surface area contributed by atoms with Gasteiger partial charge in [-0.05, 0) is 43.3 Å². The van der Waals surface area contributed by atoms with E-state index in [9.17, 15) is 4.79 Å². The van der Waals surface area contributed by atoms with Crippen molar-refractivity contribution in [1.82, 2.24) is 9.55 Å². The number of fused-ring (bicyclic) bond motifs is 2. The molecule has 0 aliphatic heterocycles. The molecular weight excluding hydrogens is 334 g/mol. The fraction of sp³-hybridized carbons (Fsp3) is 0.158. The summed E-state index contributed by atoms with van der Waals surface area (Å²) in [6.45, 7) is 3.04. The Balaban J connectivity index is 1.41. The average Bonchev–Trinajstić information content (AvgIpc) is 3.22. The number of oxazole rings is 1. The Kier molecular flexibility index (Phi) is 4.19. The first-order chi connectivity index (χ1) is 12.2. The van der Waals surface area contributed by atoms with Crippen LogP contribution in [0.4, 0.5) is 5.69 Å². The Hall–Kier alpha value is -2.73. The minimum absolute atomic E-state index is 0.0819.